The molecular formula is C13H16N2O3. The van der Waals surface area contributed by atoms with Gasteiger partial charge in [-0.05, 0) is 24.5 Å². The number of likely N-dealkylation sites (tertiary alicyclic amines) is 2. The van der Waals surface area contributed by atoms with Gasteiger partial charge in [0.05, 0.1) is 12.2 Å². The van der Waals surface area contributed by atoms with Gasteiger partial charge in [0.25, 0.3) is 5.91 Å². The molecule has 0 aromatic carbocycles. The summed E-state index contributed by atoms with van der Waals surface area (Å²) in [4.78, 5) is 27.7. The molecule has 1 aromatic rings. The first-order chi connectivity index (χ1) is 8.66. The number of carbonyl (C=O) groups excluding carboxylic acids is 2. The van der Waals surface area contributed by atoms with Crippen molar-refractivity contribution in [1.29, 1.82) is 0 Å². The monoisotopic (exact) mass is 248 g/mol. The summed E-state index contributed by atoms with van der Waals surface area (Å²) >= 11 is 0. The van der Waals surface area contributed by atoms with Crippen LogP contribution in [0.1, 0.15) is 17.0 Å². The Bertz CT molecular complexity index is 469. The van der Waals surface area contributed by atoms with Gasteiger partial charge >= 0.3 is 0 Å². The molecule has 2 amide bonds. The van der Waals surface area contributed by atoms with E-state index in [4.69, 9.17) is 4.42 Å². The largest absolute Gasteiger partial charge is 0.459 e. The van der Waals surface area contributed by atoms with Crippen molar-refractivity contribution < 1.29 is 14.0 Å². The molecule has 2 aliphatic rings. The molecule has 0 N–H and O–H groups in total. The summed E-state index contributed by atoms with van der Waals surface area (Å²) in [5.74, 6) is 0.704. The van der Waals surface area contributed by atoms with Gasteiger partial charge in [-0.2, -0.15) is 0 Å². The first-order valence-electron chi connectivity index (χ1n) is 6.24. The number of hydrogen-bond acceptors (Lipinski definition) is 3. The molecule has 0 saturated carbocycles. The van der Waals surface area contributed by atoms with Gasteiger partial charge in [0.1, 0.15) is 0 Å². The summed E-state index contributed by atoms with van der Waals surface area (Å²) in [6, 6.07) is 3.37. The number of carbonyl (C=O) groups is 2. The number of rotatable bonds is 1. The Hall–Kier alpha value is -1.78. The van der Waals surface area contributed by atoms with E-state index >= 15 is 0 Å². The Kier molecular flexibility index (Phi) is 2.61. The molecule has 2 fully saturated rings. The predicted molar refractivity (Wildman–Crippen MR) is 63.8 cm³/mol. The summed E-state index contributed by atoms with van der Waals surface area (Å²) in [6.07, 6.45) is 2.48. The Morgan fingerprint density at radius 2 is 2.28 bits per heavy atom. The Morgan fingerprint density at radius 1 is 1.44 bits per heavy atom. The number of furan rings is 1. The highest BCUT2D eigenvalue weighted by Crippen LogP contribution is 2.32. The van der Waals surface area contributed by atoms with Crippen LogP contribution in [0.2, 0.25) is 0 Å². The zero-order valence-corrected chi connectivity index (χ0v) is 10.3. The Labute approximate surface area is 105 Å². The van der Waals surface area contributed by atoms with Gasteiger partial charge in [-0.3, -0.25) is 9.59 Å². The number of piperidine rings is 1. The standard InChI is InChI=1S/C13H16N2O3/c1-14-5-4-9-7-15(8-10(9)12(14)16)13(17)11-3-2-6-18-11/h2-3,6,9-10H,4-5,7-8H2,1H3. The third kappa shape index (κ3) is 1.70. The second-order valence-electron chi connectivity index (χ2n) is 5.10. The fourth-order valence-corrected chi connectivity index (χ4v) is 2.92. The second-order valence-corrected chi connectivity index (χ2v) is 5.10. The fraction of sp³-hybridized carbons (Fsp3) is 0.538. The van der Waals surface area contributed by atoms with Crippen molar-refractivity contribution in [3.05, 3.63) is 24.2 Å². The van der Waals surface area contributed by atoms with E-state index in [-0.39, 0.29) is 17.7 Å². The highest BCUT2D eigenvalue weighted by Gasteiger charge is 2.43. The molecule has 1 aromatic heterocycles. The molecule has 0 radical (unpaired) electrons. The summed E-state index contributed by atoms with van der Waals surface area (Å²) in [5, 5.41) is 0. The smallest absolute Gasteiger partial charge is 0.289 e. The quantitative estimate of drug-likeness (QED) is 0.739. The van der Waals surface area contributed by atoms with Crippen molar-refractivity contribution in [2.45, 2.75) is 6.42 Å². The molecule has 96 valence electrons. The van der Waals surface area contributed by atoms with Crippen molar-refractivity contribution in [3.63, 3.8) is 0 Å². The van der Waals surface area contributed by atoms with Crippen LogP contribution in [0, 0.1) is 11.8 Å². The van der Waals surface area contributed by atoms with E-state index in [9.17, 15) is 9.59 Å². The molecule has 0 bridgehead atoms. The molecule has 5 heteroatoms. The van der Waals surface area contributed by atoms with Crippen molar-refractivity contribution in [2.75, 3.05) is 26.7 Å². The van der Waals surface area contributed by atoms with E-state index < -0.39 is 0 Å². The van der Waals surface area contributed by atoms with Crippen LogP contribution in [0.15, 0.2) is 22.8 Å². The minimum absolute atomic E-state index is 0.0253. The summed E-state index contributed by atoms with van der Waals surface area (Å²) in [6.45, 7) is 1.99. The number of hydrogen-bond donors (Lipinski definition) is 0. The normalized spacial score (nSPS) is 27.5. The van der Waals surface area contributed by atoms with Crippen LogP contribution in [-0.2, 0) is 4.79 Å². The van der Waals surface area contributed by atoms with Crippen LogP contribution in [0.5, 0.6) is 0 Å². The second kappa shape index (κ2) is 4.15. The lowest BCUT2D eigenvalue weighted by Crippen LogP contribution is -2.42. The third-order valence-electron chi connectivity index (χ3n) is 3.99. The lowest BCUT2D eigenvalue weighted by atomic mass is 9.88. The van der Waals surface area contributed by atoms with Crippen LogP contribution < -0.4 is 0 Å². The maximum absolute atomic E-state index is 12.1. The minimum atomic E-state index is -0.107. The molecule has 2 saturated heterocycles. The van der Waals surface area contributed by atoms with Gasteiger partial charge in [-0.1, -0.05) is 0 Å². The molecule has 2 atom stereocenters. The molecular weight excluding hydrogens is 232 g/mol. The van der Waals surface area contributed by atoms with Crippen molar-refractivity contribution in [2.24, 2.45) is 11.8 Å². The fourth-order valence-electron chi connectivity index (χ4n) is 2.92. The van der Waals surface area contributed by atoms with E-state index in [1.165, 1.54) is 6.26 Å². The van der Waals surface area contributed by atoms with Crippen LogP contribution in [0.4, 0.5) is 0 Å². The maximum atomic E-state index is 12.1. The Balaban J connectivity index is 1.75. The lowest BCUT2D eigenvalue weighted by molar-refractivity contribution is -0.137. The van der Waals surface area contributed by atoms with Crippen molar-refractivity contribution >= 4 is 11.8 Å². The highest BCUT2D eigenvalue weighted by molar-refractivity contribution is 5.92. The average molecular weight is 248 g/mol. The number of fused-ring (bicyclic) bond motifs is 1. The topological polar surface area (TPSA) is 53.8 Å². The predicted octanol–water partition coefficient (Wildman–Crippen LogP) is 0.830. The zero-order chi connectivity index (χ0) is 12.7. The maximum Gasteiger partial charge on any atom is 0.289 e. The van der Waals surface area contributed by atoms with Gasteiger partial charge < -0.3 is 14.2 Å². The average Bonchev–Trinajstić information content (AvgIpc) is 3.01. The van der Waals surface area contributed by atoms with E-state index in [2.05, 4.69) is 0 Å². The lowest BCUT2D eigenvalue weighted by Gasteiger charge is -2.30. The van der Waals surface area contributed by atoms with Gasteiger partial charge in [0, 0.05) is 26.7 Å². The molecule has 0 spiro atoms. The molecule has 2 unspecified atom stereocenters. The first-order valence-corrected chi connectivity index (χ1v) is 6.24. The summed E-state index contributed by atoms with van der Waals surface area (Å²) < 4.78 is 5.12. The van der Waals surface area contributed by atoms with Gasteiger partial charge in [-0.15, -0.1) is 0 Å². The Morgan fingerprint density at radius 3 is 3.00 bits per heavy atom. The van der Waals surface area contributed by atoms with Gasteiger partial charge in [0.2, 0.25) is 5.91 Å². The highest BCUT2D eigenvalue weighted by atomic mass is 16.3. The number of amides is 2. The summed E-state index contributed by atoms with van der Waals surface area (Å²) in [5.41, 5.74) is 0. The molecule has 0 aliphatic carbocycles. The minimum Gasteiger partial charge on any atom is -0.459 e. The zero-order valence-electron chi connectivity index (χ0n) is 10.3. The number of nitrogens with zero attached hydrogens (tertiary/aromatic N) is 2. The van der Waals surface area contributed by atoms with E-state index in [1.54, 1.807) is 21.9 Å². The van der Waals surface area contributed by atoms with Crippen LogP contribution in [0.25, 0.3) is 0 Å². The van der Waals surface area contributed by atoms with Crippen LogP contribution >= 0.6 is 0 Å². The van der Waals surface area contributed by atoms with Crippen LogP contribution in [-0.4, -0.2) is 48.3 Å². The molecule has 3 rings (SSSR count). The summed E-state index contributed by atoms with van der Waals surface area (Å²) in [7, 11) is 1.83. The van der Waals surface area contributed by atoms with Gasteiger partial charge in [0.15, 0.2) is 5.76 Å². The molecule has 18 heavy (non-hydrogen) atoms. The molecule has 2 aliphatic heterocycles. The SMILES string of the molecule is CN1CCC2CN(C(=O)c3ccco3)CC2C1=O. The van der Waals surface area contributed by atoms with Crippen LogP contribution in [0.3, 0.4) is 0 Å². The van der Waals surface area contributed by atoms with E-state index in [0.29, 0.717) is 24.8 Å². The van der Waals surface area contributed by atoms with E-state index in [0.717, 1.165) is 13.0 Å². The molecule has 3 heterocycles. The van der Waals surface area contributed by atoms with Crippen molar-refractivity contribution in [3.8, 4) is 0 Å². The first kappa shape index (κ1) is 11.3. The van der Waals surface area contributed by atoms with Gasteiger partial charge in [-0.25, -0.2) is 0 Å². The van der Waals surface area contributed by atoms with E-state index in [1.807, 2.05) is 7.05 Å². The third-order valence-corrected chi connectivity index (χ3v) is 3.99. The van der Waals surface area contributed by atoms with Crippen molar-refractivity contribution in [1.82, 2.24) is 9.80 Å². The molecule has 5 nitrogen and oxygen atoms in total.